The zero-order valence-corrected chi connectivity index (χ0v) is 29.6. The standard InChI is InChI=1S/C48H38N4/c1-48(2,3)36-22-23-49-46(29-36)52-43-21-19-34(39-15-9-12-35-27-33-11-4-5-14-38(33)47(35)39)28-41(43)40-20-18-32(26-45(40)52)24-31-10-8-13-37(25-31)51-30-50-42-16-6-7-17-44(42)51/h4-23,25-26,28-30H,24,27H2,1-3H3. The molecule has 52 heavy (non-hydrogen) atoms. The molecule has 0 radical (unpaired) electrons. The quantitative estimate of drug-likeness (QED) is 0.183. The van der Waals surface area contributed by atoms with Crippen LogP contribution in [0.5, 0.6) is 0 Å². The summed E-state index contributed by atoms with van der Waals surface area (Å²) in [6.07, 6.45) is 5.68. The summed E-state index contributed by atoms with van der Waals surface area (Å²) in [6, 6.07) is 51.1. The molecule has 0 fully saturated rings. The number of benzene rings is 6. The Morgan fingerprint density at radius 3 is 2.33 bits per heavy atom. The van der Waals surface area contributed by atoms with Crippen LogP contribution in [0.4, 0.5) is 0 Å². The highest BCUT2D eigenvalue weighted by molar-refractivity contribution is 6.11. The normalized spacial score (nSPS) is 12.5. The molecule has 0 bridgehead atoms. The average Bonchev–Trinajstić information content (AvgIpc) is 3.86. The maximum atomic E-state index is 4.98. The number of imidazole rings is 1. The molecule has 0 N–H and O–H groups in total. The average molecular weight is 671 g/mol. The molecule has 9 aromatic rings. The van der Waals surface area contributed by atoms with E-state index in [-0.39, 0.29) is 5.41 Å². The molecule has 4 nitrogen and oxygen atoms in total. The lowest BCUT2D eigenvalue weighted by Gasteiger charge is -2.20. The number of hydrogen-bond acceptors (Lipinski definition) is 2. The molecule has 3 heterocycles. The van der Waals surface area contributed by atoms with Gasteiger partial charge in [0.25, 0.3) is 0 Å². The third-order valence-electron chi connectivity index (χ3n) is 10.9. The van der Waals surface area contributed by atoms with Gasteiger partial charge in [-0.05, 0) is 123 Å². The van der Waals surface area contributed by atoms with Gasteiger partial charge in [-0.1, -0.05) is 106 Å². The Morgan fingerprint density at radius 1 is 0.596 bits per heavy atom. The molecule has 0 spiro atoms. The SMILES string of the molecule is CC(C)(C)c1ccnc(-n2c3ccc(-c4cccc5c4-c4ccccc4C5)cc3c3ccc(Cc4cccc(-n5cnc6ccccc65)c4)cc32)c1. The third kappa shape index (κ3) is 4.97. The maximum absolute atomic E-state index is 4.98. The molecular weight excluding hydrogens is 633 g/mol. The molecule has 1 aliphatic rings. The Labute approximate surface area is 303 Å². The van der Waals surface area contributed by atoms with Gasteiger partial charge in [-0.2, -0.15) is 0 Å². The van der Waals surface area contributed by atoms with Crippen LogP contribution in [-0.4, -0.2) is 19.1 Å². The minimum Gasteiger partial charge on any atom is -0.299 e. The van der Waals surface area contributed by atoms with Crippen molar-refractivity contribution in [2.24, 2.45) is 0 Å². The second-order valence-corrected chi connectivity index (χ2v) is 15.2. The fourth-order valence-corrected chi connectivity index (χ4v) is 8.24. The number of pyridine rings is 1. The van der Waals surface area contributed by atoms with Gasteiger partial charge < -0.3 is 0 Å². The first-order valence-corrected chi connectivity index (χ1v) is 18.1. The van der Waals surface area contributed by atoms with Gasteiger partial charge in [0.15, 0.2) is 0 Å². The van der Waals surface area contributed by atoms with Gasteiger partial charge in [-0.15, -0.1) is 0 Å². The topological polar surface area (TPSA) is 35.6 Å². The first-order chi connectivity index (χ1) is 25.4. The summed E-state index contributed by atoms with van der Waals surface area (Å²) in [7, 11) is 0. The molecule has 0 saturated heterocycles. The summed E-state index contributed by atoms with van der Waals surface area (Å²) in [5.41, 5.74) is 17.4. The summed E-state index contributed by atoms with van der Waals surface area (Å²) in [6.45, 7) is 6.79. The van der Waals surface area contributed by atoms with Gasteiger partial charge in [-0.25, -0.2) is 9.97 Å². The molecule has 3 aromatic heterocycles. The van der Waals surface area contributed by atoms with E-state index in [4.69, 9.17) is 4.98 Å². The first kappa shape index (κ1) is 30.6. The van der Waals surface area contributed by atoms with Crippen molar-refractivity contribution in [1.82, 2.24) is 19.1 Å². The second-order valence-electron chi connectivity index (χ2n) is 15.2. The number of nitrogens with zero attached hydrogens (tertiary/aromatic N) is 4. The van der Waals surface area contributed by atoms with Crippen LogP contribution in [0.1, 0.15) is 48.6 Å². The smallest absolute Gasteiger partial charge is 0.137 e. The van der Waals surface area contributed by atoms with Crippen molar-refractivity contribution in [1.29, 1.82) is 0 Å². The van der Waals surface area contributed by atoms with E-state index in [1.165, 1.54) is 66.4 Å². The van der Waals surface area contributed by atoms with Crippen LogP contribution in [-0.2, 0) is 18.3 Å². The summed E-state index contributed by atoms with van der Waals surface area (Å²) in [5, 5.41) is 2.47. The van der Waals surface area contributed by atoms with Gasteiger partial charge >= 0.3 is 0 Å². The van der Waals surface area contributed by atoms with E-state index < -0.39 is 0 Å². The van der Waals surface area contributed by atoms with E-state index in [2.05, 4.69) is 168 Å². The zero-order chi connectivity index (χ0) is 35.0. The summed E-state index contributed by atoms with van der Waals surface area (Å²) >= 11 is 0. The van der Waals surface area contributed by atoms with Crippen molar-refractivity contribution < 1.29 is 0 Å². The Morgan fingerprint density at radius 2 is 1.40 bits per heavy atom. The molecule has 0 atom stereocenters. The van der Waals surface area contributed by atoms with Gasteiger partial charge in [0.2, 0.25) is 0 Å². The van der Waals surface area contributed by atoms with Crippen LogP contribution < -0.4 is 0 Å². The zero-order valence-electron chi connectivity index (χ0n) is 29.6. The Bertz CT molecular complexity index is 2840. The second kappa shape index (κ2) is 11.6. The van der Waals surface area contributed by atoms with E-state index in [9.17, 15) is 0 Å². The first-order valence-electron chi connectivity index (χ1n) is 18.1. The van der Waals surface area contributed by atoms with Crippen LogP contribution in [0.2, 0.25) is 0 Å². The van der Waals surface area contributed by atoms with E-state index in [0.717, 1.165) is 40.9 Å². The molecule has 0 aliphatic heterocycles. The molecule has 0 amide bonds. The minimum absolute atomic E-state index is 0.00430. The molecule has 0 unspecified atom stereocenters. The predicted molar refractivity (Wildman–Crippen MR) is 215 cm³/mol. The van der Waals surface area contributed by atoms with Gasteiger partial charge in [-0.3, -0.25) is 9.13 Å². The molecular formula is C48H38N4. The van der Waals surface area contributed by atoms with Gasteiger partial charge in [0.05, 0.1) is 22.1 Å². The van der Waals surface area contributed by atoms with Crippen LogP contribution in [0.25, 0.3) is 66.6 Å². The summed E-state index contributed by atoms with van der Waals surface area (Å²) in [4.78, 5) is 9.61. The van der Waals surface area contributed by atoms with Crippen molar-refractivity contribution in [3.63, 3.8) is 0 Å². The van der Waals surface area contributed by atoms with Gasteiger partial charge in [0.1, 0.15) is 12.1 Å². The molecule has 1 aliphatic carbocycles. The van der Waals surface area contributed by atoms with Crippen molar-refractivity contribution in [3.8, 4) is 33.8 Å². The van der Waals surface area contributed by atoms with Crippen molar-refractivity contribution in [2.45, 2.75) is 39.0 Å². The highest BCUT2D eigenvalue weighted by Gasteiger charge is 2.23. The van der Waals surface area contributed by atoms with Crippen LogP contribution in [0.15, 0.2) is 152 Å². The number of fused-ring (bicyclic) bond motifs is 7. The minimum atomic E-state index is 0.00430. The van der Waals surface area contributed by atoms with Crippen LogP contribution in [0, 0.1) is 0 Å². The molecule has 250 valence electrons. The van der Waals surface area contributed by atoms with E-state index in [0.29, 0.717) is 0 Å². The fraction of sp³-hybridized carbons (Fsp3) is 0.125. The number of hydrogen-bond donors (Lipinski definition) is 0. The molecule has 0 saturated carbocycles. The monoisotopic (exact) mass is 670 g/mol. The fourth-order valence-electron chi connectivity index (χ4n) is 8.24. The largest absolute Gasteiger partial charge is 0.299 e. The Hall–Kier alpha value is -6.26. The third-order valence-corrected chi connectivity index (χ3v) is 10.9. The highest BCUT2D eigenvalue weighted by atomic mass is 15.1. The van der Waals surface area contributed by atoms with Crippen molar-refractivity contribution in [2.75, 3.05) is 0 Å². The van der Waals surface area contributed by atoms with E-state index in [1.807, 2.05) is 18.6 Å². The lowest BCUT2D eigenvalue weighted by molar-refractivity contribution is 0.588. The van der Waals surface area contributed by atoms with E-state index in [1.54, 1.807) is 0 Å². The molecule has 4 heteroatoms. The summed E-state index contributed by atoms with van der Waals surface area (Å²) < 4.78 is 4.54. The van der Waals surface area contributed by atoms with Gasteiger partial charge in [0, 0.05) is 22.7 Å². The Kier molecular flexibility index (Phi) is 6.84. The Balaban J connectivity index is 1.12. The van der Waals surface area contributed by atoms with Crippen LogP contribution >= 0.6 is 0 Å². The maximum Gasteiger partial charge on any atom is 0.137 e. The lowest BCUT2D eigenvalue weighted by Crippen LogP contribution is -2.12. The number of rotatable bonds is 5. The van der Waals surface area contributed by atoms with Crippen molar-refractivity contribution in [3.05, 3.63) is 180 Å². The molecule has 10 rings (SSSR count). The highest BCUT2D eigenvalue weighted by Crippen LogP contribution is 2.44. The lowest BCUT2D eigenvalue weighted by atomic mass is 9.88. The molecule has 6 aromatic carbocycles. The predicted octanol–water partition coefficient (Wildman–Crippen LogP) is 11.6. The van der Waals surface area contributed by atoms with E-state index >= 15 is 0 Å². The number of para-hydroxylation sites is 2. The number of aromatic nitrogens is 4. The van der Waals surface area contributed by atoms with Crippen molar-refractivity contribution >= 4 is 32.8 Å². The summed E-state index contributed by atoms with van der Waals surface area (Å²) in [5.74, 6) is 0.945. The van der Waals surface area contributed by atoms with Crippen LogP contribution in [0.3, 0.4) is 0 Å².